The first-order valence-electron chi connectivity index (χ1n) is 10.9. The van der Waals surface area contributed by atoms with E-state index in [9.17, 15) is 4.79 Å². The summed E-state index contributed by atoms with van der Waals surface area (Å²) in [4.78, 5) is 22.9. The molecule has 0 spiro atoms. The summed E-state index contributed by atoms with van der Waals surface area (Å²) < 4.78 is 8.44. The maximum Gasteiger partial charge on any atom is 0.278 e. The summed E-state index contributed by atoms with van der Waals surface area (Å²) in [6.45, 7) is 14.8. The number of benzene rings is 1. The standard InChI is InChI=1S/C23H31N5O2S/c1-15(2)28-19(14-18(5)25-28)22(29)27(9-8-26-10-12-30-13-11-26)23-24-20-16(3)6-7-17(4)21(20)31-23/h6-7,14-15H,8-13H2,1-5H3. The maximum atomic E-state index is 13.8. The van der Waals surface area contributed by atoms with Gasteiger partial charge in [0.15, 0.2) is 5.13 Å². The van der Waals surface area contributed by atoms with Crippen LogP contribution in [0.15, 0.2) is 18.2 Å². The molecule has 8 heteroatoms. The molecule has 3 aromatic rings. The lowest BCUT2D eigenvalue weighted by atomic mass is 10.1. The Kier molecular flexibility index (Phi) is 6.41. The van der Waals surface area contributed by atoms with Crippen molar-refractivity contribution in [2.45, 2.75) is 40.7 Å². The zero-order valence-corrected chi connectivity index (χ0v) is 19.8. The number of nitrogens with zero attached hydrogens (tertiary/aromatic N) is 5. The Balaban J connectivity index is 1.72. The molecule has 0 aliphatic carbocycles. The molecule has 1 fully saturated rings. The van der Waals surface area contributed by atoms with E-state index in [0.717, 1.165) is 59.5 Å². The number of amides is 1. The van der Waals surface area contributed by atoms with Crippen LogP contribution in [-0.2, 0) is 4.74 Å². The molecule has 166 valence electrons. The van der Waals surface area contributed by atoms with Crippen molar-refractivity contribution < 1.29 is 9.53 Å². The molecule has 3 heterocycles. The molecule has 0 unspecified atom stereocenters. The van der Waals surface area contributed by atoms with Gasteiger partial charge < -0.3 is 4.74 Å². The Labute approximate surface area is 187 Å². The zero-order chi connectivity index (χ0) is 22.1. The van der Waals surface area contributed by atoms with Crippen LogP contribution in [0.1, 0.15) is 47.2 Å². The summed E-state index contributed by atoms with van der Waals surface area (Å²) in [5.41, 5.74) is 4.76. The summed E-state index contributed by atoms with van der Waals surface area (Å²) in [5.74, 6) is -0.0445. The fraction of sp³-hybridized carbons (Fsp3) is 0.522. The molecule has 1 saturated heterocycles. The third kappa shape index (κ3) is 4.51. The second-order valence-corrected chi connectivity index (χ2v) is 9.47. The molecule has 1 aliphatic heterocycles. The predicted molar refractivity (Wildman–Crippen MR) is 125 cm³/mol. The molecule has 0 radical (unpaired) electrons. The number of carbonyl (C=O) groups excluding carboxylic acids is 1. The summed E-state index contributed by atoms with van der Waals surface area (Å²) in [6.07, 6.45) is 0. The number of anilines is 1. The van der Waals surface area contributed by atoms with Gasteiger partial charge in [0.05, 0.1) is 29.1 Å². The number of morpholine rings is 1. The average molecular weight is 442 g/mol. The Morgan fingerprint density at radius 3 is 2.58 bits per heavy atom. The van der Waals surface area contributed by atoms with Gasteiger partial charge in [0.1, 0.15) is 5.69 Å². The van der Waals surface area contributed by atoms with Crippen LogP contribution in [0, 0.1) is 20.8 Å². The number of aromatic nitrogens is 3. The van der Waals surface area contributed by atoms with E-state index in [-0.39, 0.29) is 11.9 Å². The Morgan fingerprint density at radius 1 is 1.19 bits per heavy atom. The zero-order valence-electron chi connectivity index (χ0n) is 19.0. The number of hydrogen-bond donors (Lipinski definition) is 0. The summed E-state index contributed by atoms with van der Waals surface area (Å²) in [5, 5.41) is 5.30. The van der Waals surface area contributed by atoms with Crippen LogP contribution in [0.4, 0.5) is 5.13 Å². The molecule has 1 aliphatic rings. The smallest absolute Gasteiger partial charge is 0.278 e. The lowest BCUT2D eigenvalue weighted by molar-refractivity contribution is 0.0391. The molecule has 0 bridgehead atoms. The van der Waals surface area contributed by atoms with Crippen LogP contribution in [0.3, 0.4) is 0 Å². The number of aryl methyl sites for hydroxylation is 3. The van der Waals surface area contributed by atoms with E-state index in [1.54, 1.807) is 11.3 Å². The summed E-state index contributed by atoms with van der Waals surface area (Å²) in [6, 6.07) is 6.21. The number of thiazole rings is 1. The van der Waals surface area contributed by atoms with Gasteiger partial charge in [-0.05, 0) is 51.8 Å². The molecule has 4 rings (SSSR count). The SMILES string of the molecule is Cc1cc(C(=O)N(CCN2CCOCC2)c2nc3c(C)ccc(C)c3s2)n(C(C)C)n1. The highest BCUT2D eigenvalue weighted by Gasteiger charge is 2.27. The van der Waals surface area contributed by atoms with Crippen molar-refractivity contribution in [2.75, 3.05) is 44.3 Å². The highest BCUT2D eigenvalue weighted by atomic mass is 32.1. The Bertz CT molecular complexity index is 1040. The summed E-state index contributed by atoms with van der Waals surface area (Å²) in [7, 11) is 0. The second kappa shape index (κ2) is 9.06. The molecule has 7 nitrogen and oxygen atoms in total. The number of ether oxygens (including phenoxy) is 1. The summed E-state index contributed by atoms with van der Waals surface area (Å²) >= 11 is 1.60. The van der Waals surface area contributed by atoms with Gasteiger partial charge in [0.2, 0.25) is 0 Å². The largest absolute Gasteiger partial charge is 0.379 e. The van der Waals surface area contributed by atoms with Crippen molar-refractivity contribution in [1.29, 1.82) is 0 Å². The van der Waals surface area contributed by atoms with Gasteiger partial charge in [0.25, 0.3) is 5.91 Å². The molecule has 0 N–H and O–H groups in total. The quantitative estimate of drug-likeness (QED) is 0.579. The van der Waals surface area contributed by atoms with Crippen LogP contribution >= 0.6 is 11.3 Å². The molecule has 31 heavy (non-hydrogen) atoms. The van der Waals surface area contributed by atoms with Gasteiger partial charge in [-0.25, -0.2) is 4.98 Å². The molecule has 2 aromatic heterocycles. The minimum atomic E-state index is -0.0445. The second-order valence-electron chi connectivity index (χ2n) is 8.49. The molecular formula is C23H31N5O2S. The Morgan fingerprint density at radius 2 is 1.90 bits per heavy atom. The molecule has 1 amide bonds. The van der Waals surface area contributed by atoms with Crippen molar-refractivity contribution in [3.63, 3.8) is 0 Å². The van der Waals surface area contributed by atoms with Crippen LogP contribution in [0.5, 0.6) is 0 Å². The van der Waals surface area contributed by atoms with E-state index >= 15 is 0 Å². The van der Waals surface area contributed by atoms with Gasteiger partial charge in [0, 0.05) is 32.2 Å². The van der Waals surface area contributed by atoms with Crippen molar-refractivity contribution in [3.05, 3.63) is 40.7 Å². The maximum absolute atomic E-state index is 13.8. The van der Waals surface area contributed by atoms with Crippen molar-refractivity contribution >= 4 is 32.6 Å². The fourth-order valence-electron chi connectivity index (χ4n) is 3.92. The molecule has 0 atom stereocenters. The van der Waals surface area contributed by atoms with Crippen molar-refractivity contribution in [1.82, 2.24) is 19.7 Å². The van der Waals surface area contributed by atoms with Gasteiger partial charge in [-0.2, -0.15) is 5.10 Å². The number of fused-ring (bicyclic) bond motifs is 1. The molecule has 1 aromatic carbocycles. The predicted octanol–water partition coefficient (Wildman–Crippen LogP) is 3.98. The lowest BCUT2D eigenvalue weighted by Crippen LogP contribution is -2.43. The van der Waals surface area contributed by atoms with Gasteiger partial charge in [-0.15, -0.1) is 0 Å². The third-order valence-corrected chi connectivity index (χ3v) is 6.93. The number of carbonyl (C=O) groups is 1. The van der Waals surface area contributed by atoms with Gasteiger partial charge in [-0.3, -0.25) is 19.3 Å². The average Bonchev–Trinajstić information content (AvgIpc) is 3.37. The number of rotatable bonds is 6. The van der Waals surface area contributed by atoms with Crippen LogP contribution < -0.4 is 4.90 Å². The van der Waals surface area contributed by atoms with E-state index in [2.05, 4.69) is 36.0 Å². The third-order valence-electron chi connectivity index (χ3n) is 5.72. The van der Waals surface area contributed by atoms with Gasteiger partial charge >= 0.3 is 0 Å². The van der Waals surface area contributed by atoms with Crippen LogP contribution in [0.25, 0.3) is 10.2 Å². The van der Waals surface area contributed by atoms with Crippen LogP contribution in [0.2, 0.25) is 0 Å². The first-order chi connectivity index (χ1) is 14.8. The molecular weight excluding hydrogens is 410 g/mol. The minimum absolute atomic E-state index is 0.0445. The van der Waals surface area contributed by atoms with E-state index in [0.29, 0.717) is 12.2 Å². The normalized spacial score (nSPS) is 15.2. The van der Waals surface area contributed by atoms with Crippen molar-refractivity contribution in [3.8, 4) is 0 Å². The molecule has 0 saturated carbocycles. The lowest BCUT2D eigenvalue weighted by Gasteiger charge is -2.29. The van der Waals surface area contributed by atoms with E-state index in [4.69, 9.17) is 9.72 Å². The van der Waals surface area contributed by atoms with E-state index in [1.807, 2.05) is 36.4 Å². The first kappa shape index (κ1) is 21.9. The van der Waals surface area contributed by atoms with Crippen molar-refractivity contribution in [2.24, 2.45) is 0 Å². The minimum Gasteiger partial charge on any atom is -0.379 e. The first-order valence-corrected chi connectivity index (χ1v) is 11.7. The topological polar surface area (TPSA) is 63.5 Å². The van der Waals surface area contributed by atoms with E-state index < -0.39 is 0 Å². The monoisotopic (exact) mass is 441 g/mol. The number of hydrogen-bond acceptors (Lipinski definition) is 6. The fourth-order valence-corrected chi connectivity index (χ4v) is 5.06. The van der Waals surface area contributed by atoms with Gasteiger partial charge in [-0.1, -0.05) is 23.5 Å². The van der Waals surface area contributed by atoms with E-state index in [1.165, 1.54) is 5.56 Å². The highest BCUT2D eigenvalue weighted by Crippen LogP contribution is 2.34. The highest BCUT2D eigenvalue weighted by molar-refractivity contribution is 7.22. The Hall–Kier alpha value is -2.29. The van der Waals surface area contributed by atoms with Crippen LogP contribution in [-0.4, -0.2) is 65.0 Å².